The number of benzene rings is 6. The van der Waals surface area contributed by atoms with Crippen LogP contribution in [0.2, 0.25) is 0 Å². The van der Waals surface area contributed by atoms with Gasteiger partial charge in [0, 0.05) is 86.1 Å². The lowest BCUT2D eigenvalue weighted by atomic mass is 10.1. The Balaban J connectivity index is 0.000000149. The zero-order chi connectivity index (χ0) is 80.3. The Labute approximate surface area is 656 Å². The van der Waals surface area contributed by atoms with Crippen molar-refractivity contribution in [1.82, 2.24) is 57.8 Å². The maximum absolute atomic E-state index is 14.6. The van der Waals surface area contributed by atoms with Crippen molar-refractivity contribution in [2.24, 2.45) is 0 Å². The molecular weight excluding hydrogens is 1460 g/mol. The topological polar surface area (TPSA) is 235 Å². The fourth-order valence-electron chi connectivity index (χ4n) is 13.9. The number of rotatable bonds is 21. The Morgan fingerprint density at radius 2 is 0.851 bits per heavy atom. The van der Waals surface area contributed by atoms with Gasteiger partial charge in [-0.3, -0.25) is 37.6 Å². The lowest BCUT2D eigenvalue weighted by Crippen LogP contribution is -2.27. The minimum absolute atomic E-state index is 0.00408. The number of hydrogen-bond donors (Lipinski definition) is 0. The first kappa shape index (κ1) is 78.6. The van der Waals surface area contributed by atoms with Gasteiger partial charge in [-0.2, -0.15) is 13.2 Å². The quantitative estimate of drug-likeness (QED) is 0.0480. The van der Waals surface area contributed by atoms with E-state index in [9.17, 15) is 27.6 Å². The van der Waals surface area contributed by atoms with Gasteiger partial charge in [-0.05, 0) is 188 Å². The molecule has 584 valence electrons. The zero-order valence-corrected chi connectivity index (χ0v) is 64.5. The number of aromatic nitrogens is 9. The van der Waals surface area contributed by atoms with E-state index in [4.69, 9.17) is 57.6 Å². The third kappa shape index (κ3) is 16.9. The minimum atomic E-state index is -0.566. The molecule has 0 radical (unpaired) electrons. The van der Waals surface area contributed by atoms with E-state index >= 15 is 0 Å². The molecule has 9 heterocycles. The fourth-order valence-corrected chi connectivity index (χ4v) is 13.9. The summed E-state index contributed by atoms with van der Waals surface area (Å²) in [6.07, 6.45) is 13.9. The molecule has 3 saturated heterocycles. The van der Waals surface area contributed by atoms with Gasteiger partial charge in [0.2, 0.25) is 41.0 Å². The van der Waals surface area contributed by atoms with Gasteiger partial charge >= 0.3 is 0 Å². The van der Waals surface area contributed by atoms with Crippen molar-refractivity contribution in [3.05, 3.63) is 212 Å². The molecule has 15 rings (SSSR count). The Kier molecular flexibility index (Phi) is 24.3. The molecule has 3 amide bonds. The molecule has 0 saturated carbocycles. The summed E-state index contributed by atoms with van der Waals surface area (Å²) in [4.78, 5) is 70.5. The first-order chi connectivity index (χ1) is 55.3. The fraction of sp³-hybridized carbons (Fsp3) is 0.276. The maximum Gasteiger partial charge on any atom is 0.298 e. The lowest BCUT2D eigenvalue weighted by molar-refractivity contribution is -0.125. The van der Waals surface area contributed by atoms with Crippen LogP contribution in [0.4, 0.5) is 13.2 Å². The van der Waals surface area contributed by atoms with Crippen molar-refractivity contribution in [2.45, 2.75) is 90.8 Å². The molecule has 24 nitrogen and oxygen atoms in total. The molecule has 0 spiro atoms. The standard InChI is InChI=1S/C30H29FN4O4.C29H29FN4O4.C28H25FN4O4/c1-5-7-26(36)34-15-14-21(18-34)30-33-29(23-16-32-17-27(35(23)30)38-19(2)3)20-10-12-22(13-11-20)39-25-9-6-8-24(37-4)28(25)31;1-5-25(35)33-14-13-20(17-33)29-32-28(22-15-31-16-26(34(22)29)37-18(2)3)19-9-11-21(12-10-19)38-24-8-6-7-23(36-4)27(24)30;1-4-6-23(34)32-15-13-19(17-32)27-31-25(26-28(36-3)30-14-16-33(26)27)18-9-11-20(12-10-18)37-22-8-5-7-21(35-2)24(22)29/h6,8-13,16-17,19,21H,14-15,18H2,1-4H3;5-12,15-16,18,20H,1,13-14,17H2,2-4H3;5,7-12,14,16,19H,13,15,17H2,1-3H3/t21-;20-;19-/m111/s1. The SMILES string of the molecule is C=CC(=O)N1CC[C@@H](c2nc(-c3ccc(Oc4cccc(OC)c4F)cc3)c3cncc(OC(C)C)n23)C1.CC#CC(=O)N1CC[C@@H](c2nc(-c3ccc(Oc4cccc(OC)c4F)cc3)c3c(OC)nccn23)C1.CC#CC(=O)N1CC[C@@H](c2nc(-c3ccc(Oc4cccc(OC)c4F)cc3)c3cncc(OC(C)C)n23)C1. The van der Waals surface area contributed by atoms with E-state index in [0.29, 0.717) is 79.9 Å². The highest BCUT2D eigenvalue weighted by molar-refractivity contribution is 5.94. The number of nitrogens with zero attached hydrogens (tertiary/aromatic N) is 12. The van der Waals surface area contributed by atoms with Gasteiger partial charge in [-0.15, -0.1) is 0 Å². The third-order valence-corrected chi connectivity index (χ3v) is 19.2. The molecule has 114 heavy (non-hydrogen) atoms. The number of amides is 3. The van der Waals surface area contributed by atoms with Crippen molar-refractivity contribution in [1.29, 1.82) is 0 Å². The van der Waals surface area contributed by atoms with E-state index in [0.717, 1.165) is 81.4 Å². The van der Waals surface area contributed by atoms with Gasteiger partial charge < -0.3 is 57.3 Å². The molecular formula is C87H83F3N12O12. The van der Waals surface area contributed by atoms with E-state index in [-0.39, 0.29) is 82.2 Å². The van der Waals surface area contributed by atoms with Crippen LogP contribution in [0.1, 0.15) is 96.0 Å². The largest absolute Gasteiger partial charge is 0.494 e. The van der Waals surface area contributed by atoms with Crippen molar-refractivity contribution in [3.63, 3.8) is 0 Å². The molecule has 0 bridgehead atoms. The highest BCUT2D eigenvalue weighted by atomic mass is 19.1. The van der Waals surface area contributed by atoms with Gasteiger partial charge in [0.1, 0.15) is 45.9 Å². The van der Waals surface area contributed by atoms with Gasteiger partial charge in [0.25, 0.3) is 11.8 Å². The molecule has 12 aromatic rings. The lowest BCUT2D eigenvalue weighted by Gasteiger charge is -2.16. The number of halogens is 3. The van der Waals surface area contributed by atoms with E-state index in [2.05, 4.69) is 45.2 Å². The number of hydrogen-bond acceptors (Lipinski definition) is 18. The summed E-state index contributed by atoms with van der Waals surface area (Å²) >= 11 is 0. The number of carbonyl (C=O) groups excluding carboxylic acids is 3. The van der Waals surface area contributed by atoms with Gasteiger partial charge in [0.15, 0.2) is 34.5 Å². The van der Waals surface area contributed by atoms with E-state index in [1.165, 1.54) is 45.6 Å². The second-order valence-corrected chi connectivity index (χ2v) is 27.3. The summed E-state index contributed by atoms with van der Waals surface area (Å²) in [6.45, 7) is 18.2. The molecule has 3 fully saturated rings. The summed E-state index contributed by atoms with van der Waals surface area (Å²) in [5, 5.41) is 0. The predicted molar refractivity (Wildman–Crippen MR) is 421 cm³/mol. The monoisotopic (exact) mass is 1540 g/mol. The minimum Gasteiger partial charge on any atom is -0.494 e. The highest BCUT2D eigenvalue weighted by Crippen LogP contribution is 2.42. The molecule has 3 atom stereocenters. The molecule has 3 aliphatic heterocycles. The molecule has 0 unspecified atom stereocenters. The van der Waals surface area contributed by atoms with Crippen LogP contribution in [0.25, 0.3) is 50.3 Å². The van der Waals surface area contributed by atoms with Crippen LogP contribution in [0.3, 0.4) is 0 Å². The Hall–Kier alpha value is -13.6. The van der Waals surface area contributed by atoms with Crippen molar-refractivity contribution in [3.8, 4) is 127 Å². The first-order valence-electron chi connectivity index (χ1n) is 37.0. The normalized spacial score (nSPS) is 14.9. The highest BCUT2D eigenvalue weighted by Gasteiger charge is 2.35. The van der Waals surface area contributed by atoms with Crippen LogP contribution in [0, 0.1) is 41.1 Å². The summed E-state index contributed by atoms with van der Waals surface area (Å²) in [5.74, 6) is 14.6. The maximum atomic E-state index is 14.6. The molecule has 0 aliphatic carbocycles. The predicted octanol–water partition coefficient (Wildman–Crippen LogP) is 15.8. The number of likely N-dealkylation sites (tertiary alicyclic amines) is 3. The third-order valence-electron chi connectivity index (χ3n) is 19.2. The molecule has 27 heteroatoms. The van der Waals surface area contributed by atoms with Crippen LogP contribution in [-0.2, 0) is 14.4 Å². The van der Waals surface area contributed by atoms with Crippen LogP contribution in [-0.4, -0.2) is 155 Å². The molecule has 6 aromatic heterocycles. The van der Waals surface area contributed by atoms with Gasteiger partial charge in [-0.1, -0.05) is 36.6 Å². The van der Waals surface area contributed by atoms with Crippen LogP contribution >= 0.6 is 0 Å². The van der Waals surface area contributed by atoms with Crippen LogP contribution in [0.15, 0.2) is 177 Å². The van der Waals surface area contributed by atoms with Gasteiger partial charge in [0.05, 0.1) is 87.9 Å². The Bertz CT molecular complexity index is 5670. The van der Waals surface area contributed by atoms with Crippen molar-refractivity contribution in [2.75, 3.05) is 67.7 Å². The average Bonchev–Trinajstić information content (AvgIpc) is 1.62. The first-order valence-corrected chi connectivity index (χ1v) is 37.0. The number of carbonyl (C=O) groups is 3. The smallest absolute Gasteiger partial charge is 0.298 e. The number of methoxy groups -OCH3 is 4. The number of fused-ring (bicyclic) bond motifs is 3. The van der Waals surface area contributed by atoms with E-state index in [1.54, 1.807) is 139 Å². The zero-order valence-electron chi connectivity index (χ0n) is 64.5. The average molecular weight is 1550 g/mol. The van der Waals surface area contributed by atoms with Gasteiger partial charge in [-0.25, -0.2) is 19.9 Å². The summed E-state index contributed by atoms with van der Waals surface area (Å²) in [5.41, 5.74) is 6.95. The van der Waals surface area contributed by atoms with Crippen molar-refractivity contribution >= 4 is 34.3 Å². The Morgan fingerprint density at radius 3 is 1.23 bits per heavy atom. The molecule has 3 aliphatic rings. The van der Waals surface area contributed by atoms with Crippen LogP contribution < -0.4 is 42.6 Å². The van der Waals surface area contributed by atoms with Crippen LogP contribution in [0.5, 0.6) is 69.4 Å². The number of imidazole rings is 3. The second kappa shape index (κ2) is 35.2. The molecule has 0 N–H and O–H groups in total. The number of ether oxygens (including phenoxy) is 9. The summed E-state index contributed by atoms with van der Waals surface area (Å²) in [6, 6.07) is 36.0. The second-order valence-electron chi connectivity index (χ2n) is 27.3. The van der Waals surface area contributed by atoms with Crippen molar-refractivity contribution < 1.29 is 70.2 Å². The van der Waals surface area contributed by atoms with E-state index < -0.39 is 17.5 Å². The molecule has 6 aromatic carbocycles. The summed E-state index contributed by atoms with van der Waals surface area (Å²) < 4.78 is 99.7. The summed E-state index contributed by atoms with van der Waals surface area (Å²) in [7, 11) is 5.79. The van der Waals surface area contributed by atoms with E-state index in [1.807, 2.05) is 83.5 Å². The Morgan fingerprint density at radius 1 is 0.482 bits per heavy atom.